The number of hydrogen-bond acceptors (Lipinski definition) is 3. The van der Waals surface area contributed by atoms with Crippen molar-refractivity contribution in [2.45, 2.75) is 12.2 Å². The Labute approximate surface area is 106 Å². The molecule has 2 unspecified atom stereocenters. The summed E-state index contributed by atoms with van der Waals surface area (Å²) in [7, 11) is 0. The molecule has 1 aromatic heterocycles. The zero-order valence-corrected chi connectivity index (χ0v) is 9.90. The van der Waals surface area contributed by atoms with Crippen LogP contribution in [0.25, 0.3) is 0 Å². The van der Waals surface area contributed by atoms with Crippen LogP contribution in [0.15, 0.2) is 72.5 Å². The maximum Gasteiger partial charge on any atom is 0.126 e. The molecule has 0 fully saturated rings. The lowest BCUT2D eigenvalue weighted by Crippen LogP contribution is -2.20. The van der Waals surface area contributed by atoms with Crippen LogP contribution in [-0.2, 0) is 0 Å². The lowest BCUT2D eigenvalue weighted by atomic mass is 10.00. The van der Waals surface area contributed by atoms with Crippen LogP contribution >= 0.6 is 0 Å². The van der Waals surface area contributed by atoms with Crippen LogP contribution in [0.5, 0.6) is 0 Å². The van der Waals surface area contributed by atoms with E-state index in [1.807, 2.05) is 12.2 Å². The fourth-order valence-corrected chi connectivity index (χ4v) is 1.74. The first-order chi connectivity index (χ1) is 8.68. The van der Waals surface area contributed by atoms with Gasteiger partial charge in [-0.25, -0.2) is 0 Å². The Kier molecular flexibility index (Phi) is 3.87. The summed E-state index contributed by atoms with van der Waals surface area (Å²) in [6, 6.07) is 5.22. The highest BCUT2D eigenvalue weighted by Gasteiger charge is 2.22. The van der Waals surface area contributed by atoms with E-state index in [0.717, 1.165) is 5.57 Å². The molecule has 0 aliphatic heterocycles. The minimum Gasteiger partial charge on any atom is -0.385 e. The SMILES string of the molecule is C=C1C=CC=CC(C(O)C(O)c2ccccn2)=C1. The third kappa shape index (κ3) is 2.83. The van der Waals surface area contributed by atoms with Crippen molar-refractivity contribution in [3.8, 4) is 0 Å². The number of allylic oxidation sites excluding steroid dienone is 5. The second-order valence-corrected chi connectivity index (χ2v) is 4.08. The fourth-order valence-electron chi connectivity index (χ4n) is 1.74. The number of nitrogens with zero attached hydrogens (tertiary/aromatic N) is 1. The second-order valence-electron chi connectivity index (χ2n) is 4.08. The average Bonchev–Trinajstić information content (AvgIpc) is 2.63. The molecule has 0 aromatic carbocycles. The van der Waals surface area contributed by atoms with Crippen LogP contribution in [-0.4, -0.2) is 21.3 Å². The molecule has 3 nitrogen and oxygen atoms in total. The number of hydrogen-bond donors (Lipinski definition) is 2. The van der Waals surface area contributed by atoms with Crippen molar-refractivity contribution in [1.29, 1.82) is 0 Å². The molecule has 18 heavy (non-hydrogen) atoms. The summed E-state index contributed by atoms with van der Waals surface area (Å²) in [5.74, 6) is 0. The Hall–Kier alpha value is -1.97. The summed E-state index contributed by atoms with van der Waals surface area (Å²) in [6.45, 7) is 3.83. The van der Waals surface area contributed by atoms with Gasteiger partial charge in [0.1, 0.15) is 12.2 Å². The van der Waals surface area contributed by atoms with Crippen molar-refractivity contribution < 1.29 is 10.2 Å². The van der Waals surface area contributed by atoms with Gasteiger partial charge >= 0.3 is 0 Å². The minimum absolute atomic E-state index is 0.446. The van der Waals surface area contributed by atoms with Crippen molar-refractivity contribution in [1.82, 2.24) is 4.98 Å². The Bertz CT molecular complexity index is 515. The summed E-state index contributed by atoms with van der Waals surface area (Å²) >= 11 is 0. The van der Waals surface area contributed by atoms with Crippen molar-refractivity contribution in [2.24, 2.45) is 0 Å². The fraction of sp³-hybridized carbons (Fsp3) is 0.133. The largest absolute Gasteiger partial charge is 0.385 e. The normalized spacial score (nSPS) is 18.1. The summed E-state index contributed by atoms with van der Waals surface area (Å²) in [5.41, 5.74) is 1.84. The number of aromatic nitrogens is 1. The first kappa shape index (κ1) is 12.5. The molecule has 2 N–H and O–H groups in total. The van der Waals surface area contributed by atoms with Gasteiger partial charge in [-0.1, -0.05) is 36.9 Å². The summed E-state index contributed by atoms with van der Waals surface area (Å²) in [4.78, 5) is 4.04. The number of pyridine rings is 1. The maximum absolute atomic E-state index is 10.2. The van der Waals surface area contributed by atoms with Gasteiger partial charge in [-0.3, -0.25) is 4.98 Å². The Balaban J connectivity index is 2.21. The van der Waals surface area contributed by atoms with Crippen molar-refractivity contribution in [2.75, 3.05) is 0 Å². The lowest BCUT2D eigenvalue weighted by Gasteiger charge is -2.18. The zero-order chi connectivity index (χ0) is 13.0. The van der Waals surface area contributed by atoms with Crippen molar-refractivity contribution >= 4 is 0 Å². The summed E-state index contributed by atoms with van der Waals surface area (Å²) < 4.78 is 0. The molecule has 1 heterocycles. The van der Waals surface area contributed by atoms with Crippen LogP contribution in [0.2, 0.25) is 0 Å². The van der Waals surface area contributed by atoms with Gasteiger partial charge in [0.2, 0.25) is 0 Å². The molecule has 1 aromatic rings. The molecular weight excluding hydrogens is 226 g/mol. The van der Waals surface area contributed by atoms with Gasteiger partial charge in [0.15, 0.2) is 0 Å². The summed E-state index contributed by atoms with van der Waals surface area (Å²) in [6.07, 6.45) is 8.50. The molecule has 0 bridgehead atoms. The van der Waals surface area contributed by atoms with E-state index in [0.29, 0.717) is 11.3 Å². The predicted molar refractivity (Wildman–Crippen MR) is 70.7 cm³/mol. The minimum atomic E-state index is -1.05. The highest BCUT2D eigenvalue weighted by molar-refractivity contribution is 5.42. The van der Waals surface area contributed by atoms with Gasteiger partial charge in [-0.05, 0) is 29.4 Å². The molecule has 1 aliphatic carbocycles. The first-order valence-electron chi connectivity index (χ1n) is 5.71. The van der Waals surface area contributed by atoms with Crippen LogP contribution in [0.4, 0.5) is 0 Å². The molecule has 0 saturated carbocycles. The third-order valence-electron chi connectivity index (χ3n) is 2.69. The molecule has 0 radical (unpaired) electrons. The van der Waals surface area contributed by atoms with Gasteiger partial charge in [0.05, 0.1) is 5.69 Å². The van der Waals surface area contributed by atoms with E-state index in [2.05, 4.69) is 11.6 Å². The van der Waals surface area contributed by atoms with Gasteiger partial charge < -0.3 is 10.2 Å². The number of aliphatic hydroxyl groups excluding tert-OH is 2. The molecule has 0 saturated heterocycles. The Morgan fingerprint density at radius 3 is 2.56 bits per heavy atom. The molecule has 3 heteroatoms. The van der Waals surface area contributed by atoms with Gasteiger partial charge in [0.25, 0.3) is 0 Å². The molecule has 2 rings (SSSR count). The smallest absolute Gasteiger partial charge is 0.126 e. The molecule has 1 aliphatic rings. The van der Waals surface area contributed by atoms with Gasteiger partial charge in [0, 0.05) is 6.20 Å². The highest BCUT2D eigenvalue weighted by atomic mass is 16.3. The zero-order valence-electron chi connectivity index (χ0n) is 9.90. The van der Waals surface area contributed by atoms with E-state index in [4.69, 9.17) is 0 Å². The molecule has 92 valence electrons. The van der Waals surface area contributed by atoms with Gasteiger partial charge in [-0.15, -0.1) is 0 Å². The second kappa shape index (κ2) is 5.58. The van der Waals surface area contributed by atoms with Crippen LogP contribution in [0, 0.1) is 0 Å². The molecule has 0 spiro atoms. The third-order valence-corrected chi connectivity index (χ3v) is 2.69. The van der Waals surface area contributed by atoms with Gasteiger partial charge in [-0.2, -0.15) is 0 Å². The van der Waals surface area contributed by atoms with E-state index >= 15 is 0 Å². The number of aliphatic hydroxyl groups is 2. The Morgan fingerprint density at radius 1 is 1.06 bits per heavy atom. The highest BCUT2D eigenvalue weighted by Crippen LogP contribution is 2.23. The lowest BCUT2D eigenvalue weighted by molar-refractivity contribution is 0.0404. The topological polar surface area (TPSA) is 53.4 Å². The molecule has 0 amide bonds. The van der Waals surface area contributed by atoms with E-state index in [-0.39, 0.29) is 0 Å². The van der Waals surface area contributed by atoms with E-state index in [9.17, 15) is 10.2 Å². The van der Waals surface area contributed by atoms with Crippen molar-refractivity contribution in [3.63, 3.8) is 0 Å². The molecular formula is C15H15NO2. The Morgan fingerprint density at radius 2 is 1.83 bits per heavy atom. The standard InChI is InChI=1S/C15H15NO2/c1-11-6-2-3-7-12(10-11)14(17)15(18)13-8-4-5-9-16-13/h2-10,14-15,17-18H,1H2. The predicted octanol–water partition coefficient (Wildman–Crippen LogP) is 2.08. The van der Waals surface area contributed by atoms with Crippen molar-refractivity contribution in [3.05, 3.63) is 78.2 Å². The average molecular weight is 241 g/mol. The first-order valence-corrected chi connectivity index (χ1v) is 5.71. The molecule has 2 atom stereocenters. The number of rotatable bonds is 3. The monoisotopic (exact) mass is 241 g/mol. The van der Waals surface area contributed by atoms with Crippen LogP contribution in [0.3, 0.4) is 0 Å². The van der Waals surface area contributed by atoms with E-state index in [1.165, 1.54) is 0 Å². The van der Waals surface area contributed by atoms with Crippen LogP contribution < -0.4 is 0 Å². The van der Waals surface area contributed by atoms with E-state index < -0.39 is 12.2 Å². The summed E-state index contributed by atoms with van der Waals surface area (Å²) in [5, 5.41) is 20.2. The quantitative estimate of drug-likeness (QED) is 0.852. The van der Waals surface area contributed by atoms with Crippen LogP contribution in [0.1, 0.15) is 11.8 Å². The maximum atomic E-state index is 10.2. The van der Waals surface area contributed by atoms with E-state index in [1.54, 1.807) is 42.6 Å².